The highest BCUT2D eigenvalue weighted by Gasteiger charge is 2.23. The average molecular weight is 412 g/mol. The topological polar surface area (TPSA) is 58.6 Å². The molecule has 0 atom stereocenters. The van der Waals surface area contributed by atoms with Gasteiger partial charge in [0, 0.05) is 12.1 Å². The number of nitrogens with one attached hydrogen (secondary N) is 1. The molecular weight excluding hydrogens is 374 g/mol. The molecule has 2 rings (SSSR count). The Balaban J connectivity index is 0.00000218. The molecule has 2 aromatic rings. The number of benzene rings is 2. The molecule has 0 saturated heterocycles. The molecule has 0 bridgehead atoms. The van der Waals surface area contributed by atoms with Crippen LogP contribution in [0.25, 0.3) is 0 Å². The van der Waals surface area contributed by atoms with Crippen molar-refractivity contribution in [1.29, 1.82) is 0 Å². The van der Waals surface area contributed by atoms with Gasteiger partial charge in [0.15, 0.2) is 11.7 Å². The zero-order valence-electron chi connectivity index (χ0n) is 19.5. The summed E-state index contributed by atoms with van der Waals surface area (Å²) >= 11 is 0. The maximum absolute atomic E-state index is 12.1. The Labute approximate surface area is 182 Å². The van der Waals surface area contributed by atoms with Gasteiger partial charge in [-0.25, -0.2) is 0 Å². The molecule has 0 aliphatic heterocycles. The van der Waals surface area contributed by atoms with Crippen molar-refractivity contribution in [2.75, 3.05) is 5.32 Å². The first-order valence-corrected chi connectivity index (χ1v) is 10.8. The fourth-order valence-corrected chi connectivity index (χ4v) is 2.69. The minimum absolute atomic E-state index is 0.195. The van der Waals surface area contributed by atoms with Crippen LogP contribution in [-0.4, -0.2) is 16.5 Å². The minimum Gasteiger partial charge on any atom is -0.441 e. The molecule has 0 radical (unpaired) electrons. The van der Waals surface area contributed by atoms with E-state index in [0.29, 0.717) is 5.88 Å². The van der Waals surface area contributed by atoms with Crippen molar-refractivity contribution >= 4 is 11.5 Å². The number of carbonyl (C=O) groups is 1. The number of ketones is 1. The standard InChI is InChI=1S/C24H31NO3.C2H6/c1-6-7-12-23(28-21-11-9-8-10-17(21)2)25-20-14-13-19(15-18(20)3)16-22(26)24(4,5)27;1-2/h8-15,25,27H,6-7,16H2,1-5H3;1-2H3/b23-12+;. The fourth-order valence-electron chi connectivity index (χ4n) is 2.69. The van der Waals surface area contributed by atoms with Gasteiger partial charge in [-0.1, -0.05) is 57.5 Å². The Hall–Kier alpha value is -2.59. The molecule has 0 saturated carbocycles. The Bertz CT molecular complexity index is 848. The van der Waals surface area contributed by atoms with Gasteiger partial charge in [0.2, 0.25) is 0 Å². The lowest BCUT2D eigenvalue weighted by atomic mass is 9.96. The first kappa shape index (κ1) is 25.4. The molecule has 0 unspecified atom stereocenters. The van der Waals surface area contributed by atoms with Crippen LogP contribution < -0.4 is 10.1 Å². The second-order valence-electron chi connectivity index (χ2n) is 7.66. The average Bonchev–Trinajstić information content (AvgIpc) is 2.70. The third-order valence-electron chi connectivity index (χ3n) is 4.53. The number of carbonyl (C=O) groups excluding carboxylic acids is 1. The molecule has 0 aliphatic carbocycles. The number of ether oxygens (including phenoxy) is 1. The lowest BCUT2D eigenvalue weighted by Gasteiger charge is -2.18. The lowest BCUT2D eigenvalue weighted by molar-refractivity contribution is -0.133. The van der Waals surface area contributed by atoms with E-state index >= 15 is 0 Å². The van der Waals surface area contributed by atoms with E-state index in [1.807, 2.05) is 70.2 Å². The monoisotopic (exact) mass is 411 g/mol. The van der Waals surface area contributed by atoms with Crippen LogP contribution in [0.5, 0.6) is 5.75 Å². The lowest BCUT2D eigenvalue weighted by Crippen LogP contribution is -2.32. The number of hydrogen-bond donors (Lipinski definition) is 2. The molecular formula is C26H37NO3. The maximum Gasteiger partial charge on any atom is 0.193 e. The van der Waals surface area contributed by atoms with Gasteiger partial charge in [0.05, 0.1) is 0 Å². The smallest absolute Gasteiger partial charge is 0.193 e. The molecule has 2 N–H and O–H groups in total. The van der Waals surface area contributed by atoms with Crippen LogP contribution in [-0.2, 0) is 11.2 Å². The van der Waals surface area contributed by atoms with Crippen molar-refractivity contribution in [1.82, 2.24) is 0 Å². The van der Waals surface area contributed by atoms with Crippen molar-refractivity contribution in [3.05, 3.63) is 71.1 Å². The minimum atomic E-state index is -1.32. The summed E-state index contributed by atoms with van der Waals surface area (Å²) in [5, 5.41) is 13.2. The quantitative estimate of drug-likeness (QED) is 0.472. The molecule has 164 valence electrons. The highest BCUT2D eigenvalue weighted by molar-refractivity contribution is 5.88. The normalized spacial score (nSPS) is 11.4. The van der Waals surface area contributed by atoms with Gasteiger partial charge in [-0.2, -0.15) is 0 Å². The molecule has 0 spiro atoms. The number of Topliss-reactive ketones (excluding diaryl/α,β-unsaturated/α-hetero) is 1. The van der Waals surface area contributed by atoms with E-state index in [-0.39, 0.29) is 12.2 Å². The molecule has 0 amide bonds. The van der Waals surface area contributed by atoms with Crippen LogP contribution in [0.2, 0.25) is 0 Å². The molecule has 30 heavy (non-hydrogen) atoms. The van der Waals surface area contributed by atoms with Crippen molar-refractivity contribution in [2.45, 2.75) is 73.3 Å². The van der Waals surface area contributed by atoms with E-state index < -0.39 is 5.60 Å². The van der Waals surface area contributed by atoms with Gasteiger partial charge in [-0.3, -0.25) is 4.79 Å². The fraction of sp³-hybridized carbons (Fsp3) is 0.423. The van der Waals surface area contributed by atoms with Crippen LogP contribution in [0.1, 0.15) is 64.2 Å². The van der Waals surface area contributed by atoms with E-state index in [2.05, 4.69) is 18.3 Å². The zero-order chi connectivity index (χ0) is 22.7. The predicted molar refractivity (Wildman–Crippen MR) is 126 cm³/mol. The Morgan fingerprint density at radius 1 is 1.10 bits per heavy atom. The largest absolute Gasteiger partial charge is 0.441 e. The van der Waals surface area contributed by atoms with Crippen LogP contribution in [0.3, 0.4) is 0 Å². The second kappa shape index (κ2) is 12.2. The summed E-state index contributed by atoms with van der Waals surface area (Å²) in [6.45, 7) is 13.2. The van der Waals surface area contributed by atoms with Gasteiger partial charge in [0.1, 0.15) is 11.4 Å². The Morgan fingerprint density at radius 3 is 2.33 bits per heavy atom. The van der Waals surface area contributed by atoms with E-state index in [9.17, 15) is 9.90 Å². The number of allylic oxidation sites excluding steroid dienone is 1. The van der Waals surface area contributed by atoms with E-state index in [1.54, 1.807) is 0 Å². The van der Waals surface area contributed by atoms with Crippen molar-refractivity contribution in [3.8, 4) is 5.75 Å². The van der Waals surface area contributed by atoms with Crippen LogP contribution >= 0.6 is 0 Å². The van der Waals surface area contributed by atoms with Crippen LogP contribution in [0.4, 0.5) is 5.69 Å². The molecule has 0 aliphatic rings. The first-order chi connectivity index (χ1) is 14.2. The second-order valence-corrected chi connectivity index (χ2v) is 7.66. The summed E-state index contributed by atoms with van der Waals surface area (Å²) in [5.74, 6) is 1.32. The van der Waals surface area contributed by atoms with Gasteiger partial charge in [0.25, 0.3) is 0 Å². The maximum atomic E-state index is 12.1. The third-order valence-corrected chi connectivity index (χ3v) is 4.53. The van der Waals surface area contributed by atoms with E-state index in [4.69, 9.17) is 4.74 Å². The SMILES string of the molecule is CC.CCC/C=C(\Nc1ccc(CC(=O)C(C)(C)O)cc1C)Oc1ccccc1C. The number of aliphatic hydroxyl groups is 1. The number of aryl methyl sites for hydroxylation is 2. The van der Waals surface area contributed by atoms with E-state index in [1.165, 1.54) is 13.8 Å². The highest BCUT2D eigenvalue weighted by atomic mass is 16.5. The number of para-hydroxylation sites is 1. The Kier molecular flexibility index (Phi) is 10.3. The van der Waals surface area contributed by atoms with Gasteiger partial charge in [-0.15, -0.1) is 0 Å². The summed E-state index contributed by atoms with van der Waals surface area (Å²) in [5.41, 5.74) is 2.58. The van der Waals surface area contributed by atoms with Crippen LogP contribution in [0, 0.1) is 13.8 Å². The highest BCUT2D eigenvalue weighted by Crippen LogP contribution is 2.24. The Morgan fingerprint density at radius 2 is 1.77 bits per heavy atom. The van der Waals surface area contributed by atoms with Crippen molar-refractivity contribution in [2.24, 2.45) is 0 Å². The first-order valence-electron chi connectivity index (χ1n) is 10.8. The number of anilines is 1. The number of unbranched alkanes of at least 4 members (excludes halogenated alkanes) is 1. The summed E-state index contributed by atoms with van der Waals surface area (Å²) in [4.78, 5) is 12.1. The zero-order valence-corrected chi connectivity index (χ0v) is 19.5. The summed E-state index contributed by atoms with van der Waals surface area (Å²) in [7, 11) is 0. The third kappa shape index (κ3) is 8.03. The number of hydrogen-bond acceptors (Lipinski definition) is 4. The van der Waals surface area contributed by atoms with E-state index in [0.717, 1.165) is 41.0 Å². The van der Waals surface area contributed by atoms with Crippen molar-refractivity contribution in [3.63, 3.8) is 0 Å². The summed E-state index contributed by atoms with van der Waals surface area (Å²) in [6, 6.07) is 13.7. The molecule has 2 aromatic carbocycles. The molecule has 4 heteroatoms. The van der Waals surface area contributed by atoms with Gasteiger partial charge >= 0.3 is 0 Å². The summed E-state index contributed by atoms with van der Waals surface area (Å²) < 4.78 is 6.11. The van der Waals surface area contributed by atoms with Gasteiger partial charge < -0.3 is 15.2 Å². The van der Waals surface area contributed by atoms with Crippen molar-refractivity contribution < 1.29 is 14.6 Å². The molecule has 0 fully saturated rings. The molecule has 0 heterocycles. The van der Waals surface area contributed by atoms with Crippen LogP contribution in [0.15, 0.2) is 54.4 Å². The predicted octanol–water partition coefficient (Wildman–Crippen LogP) is 6.34. The molecule has 0 aromatic heterocycles. The molecule has 4 nitrogen and oxygen atoms in total. The number of rotatable bonds is 9. The summed E-state index contributed by atoms with van der Waals surface area (Å²) in [6.07, 6.45) is 4.20. The van der Waals surface area contributed by atoms with Gasteiger partial charge in [-0.05, 0) is 69.0 Å².